The standard InChI is InChI=1S/C58H105NO7/c1-6-8-10-12-14-16-18-20-22-24-26-27-28-29-31-32-34-36-38-40-42-44-46-48-56(60)65-53-54(52-64-51-50-55(58(62)63)59(3,4)5)66-57(61)49-47-45-43-41-39-37-35-33-30-25-23-21-19-17-15-13-11-9-7-2/h8,10,14,16,20,22,26-27,54-55H,6-7,9,11-13,15,17-19,21,23-25,28-53H2,1-5H3/p+1/b10-8+,16-14+,22-20+,27-26+. The quantitative estimate of drug-likeness (QED) is 0.0281. The molecule has 0 aliphatic rings. The van der Waals surface area contributed by atoms with Crippen LogP contribution in [0.4, 0.5) is 0 Å². The topological polar surface area (TPSA) is 99.1 Å². The summed E-state index contributed by atoms with van der Waals surface area (Å²) in [5.74, 6) is -1.46. The van der Waals surface area contributed by atoms with Gasteiger partial charge in [-0.2, -0.15) is 0 Å². The van der Waals surface area contributed by atoms with E-state index < -0.39 is 18.1 Å². The monoisotopic (exact) mass is 929 g/mol. The maximum Gasteiger partial charge on any atom is 0.362 e. The molecular weight excluding hydrogens is 823 g/mol. The van der Waals surface area contributed by atoms with Crippen LogP contribution in [0.1, 0.15) is 251 Å². The summed E-state index contributed by atoms with van der Waals surface area (Å²) in [6, 6.07) is -0.615. The average molecular weight is 929 g/mol. The minimum absolute atomic E-state index is 0.0507. The molecular formula is C58H106NO7+. The van der Waals surface area contributed by atoms with Gasteiger partial charge in [0.1, 0.15) is 6.61 Å². The molecule has 8 nitrogen and oxygen atoms in total. The van der Waals surface area contributed by atoms with Crippen molar-refractivity contribution in [3.8, 4) is 0 Å². The highest BCUT2D eigenvalue weighted by Gasteiger charge is 2.31. The number of carbonyl (C=O) groups is 3. The Morgan fingerprint density at radius 1 is 0.470 bits per heavy atom. The van der Waals surface area contributed by atoms with Gasteiger partial charge < -0.3 is 23.8 Å². The van der Waals surface area contributed by atoms with Crippen LogP contribution in [0, 0.1) is 0 Å². The summed E-state index contributed by atoms with van der Waals surface area (Å²) in [6.45, 7) is 4.66. The number of rotatable bonds is 50. The van der Waals surface area contributed by atoms with Crippen molar-refractivity contribution in [2.45, 2.75) is 264 Å². The third-order valence-electron chi connectivity index (χ3n) is 12.5. The van der Waals surface area contributed by atoms with E-state index in [2.05, 4.69) is 62.5 Å². The Bertz CT molecular complexity index is 1220. The lowest BCUT2D eigenvalue weighted by Gasteiger charge is -2.31. The summed E-state index contributed by atoms with van der Waals surface area (Å²) in [6.07, 6.45) is 60.2. The van der Waals surface area contributed by atoms with Crippen LogP contribution >= 0.6 is 0 Å². The number of carboxylic acid groups (broad SMARTS) is 1. The largest absolute Gasteiger partial charge is 0.477 e. The second-order valence-corrected chi connectivity index (χ2v) is 19.8. The molecule has 0 aromatic heterocycles. The molecule has 0 saturated carbocycles. The number of hydrogen-bond donors (Lipinski definition) is 1. The Hall–Kier alpha value is -2.71. The lowest BCUT2D eigenvalue weighted by atomic mass is 10.0. The third-order valence-corrected chi connectivity index (χ3v) is 12.5. The first-order chi connectivity index (χ1) is 32.1. The predicted octanol–water partition coefficient (Wildman–Crippen LogP) is 16.3. The number of carboxylic acids is 1. The number of likely N-dealkylation sites (N-methyl/N-ethyl adjacent to an activating group) is 1. The van der Waals surface area contributed by atoms with Crippen LogP contribution in [0.15, 0.2) is 48.6 Å². The van der Waals surface area contributed by atoms with E-state index in [4.69, 9.17) is 14.2 Å². The smallest absolute Gasteiger partial charge is 0.362 e. The molecule has 0 aromatic carbocycles. The van der Waals surface area contributed by atoms with Gasteiger partial charge in [0.15, 0.2) is 12.1 Å². The molecule has 0 aliphatic carbocycles. The Labute approximate surface area is 407 Å². The molecule has 0 saturated heterocycles. The van der Waals surface area contributed by atoms with E-state index in [0.29, 0.717) is 19.3 Å². The third kappa shape index (κ3) is 46.4. The normalized spacial score (nSPS) is 13.2. The van der Waals surface area contributed by atoms with Gasteiger partial charge in [0.25, 0.3) is 0 Å². The number of hydrogen-bond acceptors (Lipinski definition) is 6. The zero-order valence-electron chi connectivity index (χ0n) is 43.9. The summed E-state index contributed by atoms with van der Waals surface area (Å²) in [5, 5.41) is 9.67. The van der Waals surface area contributed by atoms with E-state index in [-0.39, 0.29) is 36.2 Å². The van der Waals surface area contributed by atoms with Gasteiger partial charge in [0, 0.05) is 19.3 Å². The van der Waals surface area contributed by atoms with Crippen LogP contribution in [-0.2, 0) is 28.6 Å². The number of aliphatic carboxylic acids is 1. The number of quaternary nitrogens is 1. The number of unbranched alkanes of at least 4 members (excludes halogenated alkanes) is 28. The van der Waals surface area contributed by atoms with Gasteiger partial charge in [-0.05, 0) is 51.4 Å². The molecule has 8 heteroatoms. The van der Waals surface area contributed by atoms with E-state index in [1.165, 1.54) is 154 Å². The molecule has 0 bridgehead atoms. The van der Waals surface area contributed by atoms with E-state index in [1.807, 2.05) is 21.1 Å². The van der Waals surface area contributed by atoms with Crippen molar-refractivity contribution in [1.29, 1.82) is 0 Å². The number of esters is 2. The van der Waals surface area contributed by atoms with Gasteiger partial charge in [-0.3, -0.25) is 9.59 Å². The summed E-state index contributed by atoms with van der Waals surface area (Å²) in [5.41, 5.74) is 0. The Morgan fingerprint density at radius 3 is 1.26 bits per heavy atom. The fraction of sp³-hybridized carbons (Fsp3) is 0.810. The predicted molar refractivity (Wildman–Crippen MR) is 280 cm³/mol. The lowest BCUT2D eigenvalue weighted by Crippen LogP contribution is -2.50. The molecule has 0 aliphatic heterocycles. The number of nitrogens with zero attached hydrogens (tertiary/aromatic N) is 1. The molecule has 0 radical (unpaired) electrons. The maximum atomic E-state index is 12.8. The molecule has 0 heterocycles. The molecule has 66 heavy (non-hydrogen) atoms. The highest BCUT2D eigenvalue weighted by atomic mass is 16.6. The minimum atomic E-state index is -0.873. The molecule has 0 rings (SSSR count). The number of allylic oxidation sites excluding steroid dienone is 8. The maximum absolute atomic E-state index is 12.8. The Balaban J connectivity index is 4.18. The summed E-state index contributed by atoms with van der Waals surface area (Å²) in [7, 11) is 5.55. The van der Waals surface area contributed by atoms with Crippen LogP contribution in [-0.4, -0.2) is 80.6 Å². The highest BCUT2D eigenvalue weighted by molar-refractivity contribution is 5.72. The van der Waals surface area contributed by atoms with Crippen LogP contribution in [0.3, 0.4) is 0 Å². The van der Waals surface area contributed by atoms with Crippen molar-refractivity contribution in [3.05, 3.63) is 48.6 Å². The van der Waals surface area contributed by atoms with Crippen molar-refractivity contribution in [1.82, 2.24) is 0 Å². The second kappa shape index (κ2) is 48.7. The molecule has 384 valence electrons. The first-order valence-electron chi connectivity index (χ1n) is 27.7. The first kappa shape index (κ1) is 63.3. The molecule has 0 amide bonds. The molecule has 0 spiro atoms. The van der Waals surface area contributed by atoms with E-state index >= 15 is 0 Å². The highest BCUT2D eigenvalue weighted by Crippen LogP contribution is 2.17. The summed E-state index contributed by atoms with van der Waals surface area (Å²) < 4.78 is 17.4. The fourth-order valence-corrected chi connectivity index (χ4v) is 8.26. The first-order valence-corrected chi connectivity index (χ1v) is 27.7. The van der Waals surface area contributed by atoms with Gasteiger partial charge in [0.05, 0.1) is 34.4 Å². The number of ether oxygens (including phenoxy) is 3. The van der Waals surface area contributed by atoms with Gasteiger partial charge in [0.2, 0.25) is 0 Å². The summed E-state index contributed by atoms with van der Waals surface area (Å²) in [4.78, 5) is 37.2. The van der Waals surface area contributed by atoms with Crippen LogP contribution in [0.5, 0.6) is 0 Å². The minimum Gasteiger partial charge on any atom is -0.477 e. The van der Waals surface area contributed by atoms with E-state index in [0.717, 1.165) is 64.2 Å². The molecule has 1 N–H and O–H groups in total. The van der Waals surface area contributed by atoms with Crippen molar-refractivity contribution in [3.63, 3.8) is 0 Å². The second-order valence-electron chi connectivity index (χ2n) is 19.8. The fourth-order valence-electron chi connectivity index (χ4n) is 8.26. The molecule has 0 fully saturated rings. The Kier molecular flexibility index (Phi) is 46.7. The number of carbonyl (C=O) groups excluding carboxylic acids is 2. The van der Waals surface area contributed by atoms with E-state index in [9.17, 15) is 19.5 Å². The van der Waals surface area contributed by atoms with Crippen LogP contribution in [0.25, 0.3) is 0 Å². The zero-order valence-corrected chi connectivity index (χ0v) is 43.9. The van der Waals surface area contributed by atoms with Crippen molar-refractivity contribution in [2.75, 3.05) is 41.0 Å². The van der Waals surface area contributed by atoms with Crippen molar-refractivity contribution < 1.29 is 38.2 Å². The zero-order chi connectivity index (χ0) is 48.4. The summed E-state index contributed by atoms with van der Waals surface area (Å²) >= 11 is 0. The molecule has 0 aromatic rings. The SMILES string of the molecule is CC/C=C/C/C=C/C/C=C/C/C=C/CCCCCCCCCCCCC(=O)OCC(COCCC(C(=O)O)[N+](C)(C)C)OC(=O)CCCCCCCCCCCCCCCCCCCCC. The van der Waals surface area contributed by atoms with Crippen molar-refractivity contribution in [2.24, 2.45) is 0 Å². The molecule has 2 unspecified atom stereocenters. The van der Waals surface area contributed by atoms with Gasteiger partial charge in [-0.15, -0.1) is 0 Å². The van der Waals surface area contributed by atoms with Crippen LogP contribution in [0.2, 0.25) is 0 Å². The van der Waals surface area contributed by atoms with Gasteiger partial charge >= 0.3 is 17.9 Å². The van der Waals surface area contributed by atoms with Gasteiger partial charge in [-0.1, -0.05) is 229 Å². The van der Waals surface area contributed by atoms with Gasteiger partial charge in [-0.25, -0.2) is 4.79 Å². The Morgan fingerprint density at radius 2 is 0.848 bits per heavy atom. The van der Waals surface area contributed by atoms with E-state index in [1.54, 1.807) is 0 Å². The lowest BCUT2D eigenvalue weighted by molar-refractivity contribution is -0.887. The van der Waals surface area contributed by atoms with Crippen LogP contribution < -0.4 is 0 Å². The average Bonchev–Trinajstić information content (AvgIpc) is 3.28. The molecule has 2 atom stereocenters. The van der Waals surface area contributed by atoms with Crippen molar-refractivity contribution >= 4 is 17.9 Å².